The van der Waals surface area contributed by atoms with Crippen molar-refractivity contribution in [3.05, 3.63) is 0 Å². The first-order chi connectivity index (χ1) is 73.1. The van der Waals surface area contributed by atoms with Crippen molar-refractivity contribution in [2.24, 2.45) is 0 Å². The molecule has 0 saturated carbocycles. The van der Waals surface area contributed by atoms with Gasteiger partial charge in [-0.05, 0) is 156 Å². The zero-order valence-electron chi connectivity index (χ0n) is 105. The van der Waals surface area contributed by atoms with E-state index in [1.54, 1.807) is 0 Å². The van der Waals surface area contributed by atoms with Crippen LogP contribution in [0.15, 0.2) is 0 Å². The molecule has 0 radical (unpaired) electrons. The van der Waals surface area contributed by atoms with Crippen LogP contribution in [0.5, 0.6) is 0 Å². The number of unbranched alkanes of at least 4 members (excludes halogenated alkanes) is 84. The summed E-state index contributed by atoms with van der Waals surface area (Å²) in [7, 11) is 0. The fourth-order valence-electron chi connectivity index (χ4n) is 22.0. The lowest BCUT2D eigenvalue weighted by atomic mass is 10.1. The highest BCUT2D eigenvalue weighted by Gasteiger charge is 2.17. The van der Waals surface area contributed by atoms with E-state index in [2.05, 4.69) is 122 Å². The second-order valence-corrected chi connectivity index (χ2v) is 47.3. The van der Waals surface area contributed by atoms with Crippen LogP contribution in [-0.2, 0) is 0 Å². The zero-order chi connectivity index (χ0) is 108. The third kappa shape index (κ3) is 132. The van der Waals surface area contributed by atoms with Crippen molar-refractivity contribution >= 4 is 0 Å². The Kier molecular flexibility index (Phi) is 148. The quantitative estimate of drug-likeness (QED) is 0.0436. The fourth-order valence-corrected chi connectivity index (χ4v) is 22.0. The molecule has 0 aliphatic heterocycles. The van der Waals surface area contributed by atoms with E-state index in [9.17, 15) is 20.4 Å². The van der Waals surface area contributed by atoms with Crippen LogP contribution in [0.4, 0.5) is 0 Å². The smallest absolute Gasteiger partial charge is 0.0558 e. The number of rotatable bonds is 128. The van der Waals surface area contributed by atoms with Crippen molar-refractivity contribution < 1.29 is 20.4 Å². The number of aliphatic hydroxyl groups excluding tert-OH is 4. The van der Waals surface area contributed by atoms with Gasteiger partial charge in [-0.1, -0.05) is 622 Å². The molecule has 0 bridgehead atoms. The summed E-state index contributed by atoms with van der Waals surface area (Å²) in [5.74, 6) is 0. The van der Waals surface area contributed by atoms with Crippen LogP contribution in [0.2, 0.25) is 0 Å². The first kappa shape index (κ1) is 154. The van der Waals surface area contributed by atoms with Gasteiger partial charge < -0.3 is 40.0 Å². The van der Waals surface area contributed by atoms with Gasteiger partial charge >= 0.3 is 0 Å². The minimum atomic E-state index is 0.296. The molecule has 148 heavy (non-hydrogen) atoms. The summed E-state index contributed by atoms with van der Waals surface area (Å²) >= 11 is 0. The van der Waals surface area contributed by atoms with Crippen molar-refractivity contribution in [2.75, 3.05) is 184 Å². The lowest BCUT2D eigenvalue weighted by Gasteiger charge is -2.27. The molecule has 0 spiro atoms. The fraction of sp³-hybridized carbons (Fsp3) is 1.00. The predicted molar refractivity (Wildman–Crippen MR) is 671 cm³/mol. The minimum Gasteiger partial charge on any atom is -0.395 e. The normalized spacial score (nSPS) is 11.8. The van der Waals surface area contributed by atoms with Gasteiger partial charge in [0.25, 0.3) is 0 Å². The maximum absolute atomic E-state index is 9.66. The summed E-state index contributed by atoms with van der Waals surface area (Å²) in [4.78, 5) is 21.1. The molecule has 0 aromatic rings. The molecule has 0 aromatic heterocycles. The highest BCUT2D eigenvalue weighted by molar-refractivity contribution is 4.73. The molecule has 0 heterocycles. The van der Waals surface area contributed by atoms with Gasteiger partial charge in [-0.15, -0.1) is 0 Å². The van der Waals surface area contributed by atoms with Crippen molar-refractivity contribution in [1.82, 2.24) is 39.2 Å². The number of hydrogen-bond acceptors (Lipinski definition) is 12. The summed E-state index contributed by atoms with van der Waals surface area (Å²) in [5.41, 5.74) is 0. The van der Waals surface area contributed by atoms with Gasteiger partial charge in [0.05, 0.1) is 26.4 Å². The highest BCUT2D eigenvalue weighted by atomic mass is 16.3. The van der Waals surface area contributed by atoms with E-state index in [0.29, 0.717) is 26.4 Å². The van der Waals surface area contributed by atoms with Gasteiger partial charge in [-0.25, -0.2) is 0 Å². The highest BCUT2D eigenvalue weighted by Crippen LogP contribution is 2.22. The summed E-state index contributed by atoms with van der Waals surface area (Å²) in [6, 6.07) is 0. The summed E-state index contributed by atoms with van der Waals surface area (Å²) in [6.45, 7) is 56.3. The monoisotopic (exact) mass is 2100 g/mol. The predicted octanol–water partition coefficient (Wildman–Crippen LogP) is 40.0. The van der Waals surface area contributed by atoms with E-state index >= 15 is 0 Å². The third-order valence-electron chi connectivity index (χ3n) is 32.5. The van der Waals surface area contributed by atoms with E-state index in [1.807, 2.05) is 0 Å². The summed E-state index contributed by atoms with van der Waals surface area (Å²) < 4.78 is 0. The molecule has 896 valence electrons. The van der Waals surface area contributed by atoms with Crippen LogP contribution in [0.25, 0.3) is 0 Å². The molecule has 0 rings (SSSR count). The van der Waals surface area contributed by atoms with Gasteiger partial charge in [-0.2, -0.15) is 0 Å². The second-order valence-electron chi connectivity index (χ2n) is 47.3. The van der Waals surface area contributed by atoms with Gasteiger partial charge in [0, 0.05) is 78.5 Å². The SMILES string of the molecule is CCCCCCCCCCCCN(CCCCCCCCCCCC)CCN(CCO)CCCCCC.CCCCCCCCCCCCN(CCCCCCCCCCCC)CCN(CCO)CCCCCCCCC.CCCCCCCCCCCCN(CCO)CCN(CCCCCCCCC)CCCCCCCCC.CCCCCCCCCN(CCO)CCN(CCCCCCCCC)CCCCCCCCC. The Balaban J connectivity index is -0.000000935. The molecular formula is C136H288N8O4. The molecule has 0 atom stereocenters. The van der Waals surface area contributed by atoms with Crippen molar-refractivity contribution in [3.8, 4) is 0 Å². The number of nitrogens with zero attached hydrogens (tertiary/aromatic N) is 8. The average Bonchev–Trinajstić information content (AvgIpc) is 0.970. The molecule has 4 N–H and O–H groups in total. The van der Waals surface area contributed by atoms with Crippen molar-refractivity contribution in [1.29, 1.82) is 0 Å². The Bertz CT molecular complexity index is 2120. The Morgan fingerprint density at radius 1 is 0.0743 bits per heavy atom. The van der Waals surface area contributed by atoms with Crippen LogP contribution in [0, 0.1) is 0 Å². The first-order valence-electron chi connectivity index (χ1n) is 69.3. The molecule has 0 aliphatic carbocycles. The Hall–Kier alpha value is -0.480. The van der Waals surface area contributed by atoms with E-state index in [1.165, 1.54) is 708 Å². The van der Waals surface area contributed by atoms with E-state index in [0.717, 1.165) is 65.4 Å². The first-order valence-corrected chi connectivity index (χ1v) is 69.3. The Labute approximate surface area is 936 Å². The summed E-state index contributed by atoms with van der Waals surface area (Å²) in [6.07, 6.45) is 134. The maximum Gasteiger partial charge on any atom is 0.0558 e. The lowest BCUT2D eigenvalue weighted by molar-refractivity contribution is 0.163. The molecule has 12 heteroatoms. The molecular weight excluding hydrogens is 1810 g/mol. The number of hydrogen-bond donors (Lipinski definition) is 4. The average molecular weight is 2100 g/mol. The van der Waals surface area contributed by atoms with E-state index in [4.69, 9.17) is 0 Å². The van der Waals surface area contributed by atoms with Crippen LogP contribution < -0.4 is 0 Å². The van der Waals surface area contributed by atoms with Crippen LogP contribution >= 0.6 is 0 Å². The molecule has 0 unspecified atom stereocenters. The van der Waals surface area contributed by atoms with Gasteiger partial charge in [0.15, 0.2) is 0 Å². The molecule has 0 amide bonds. The molecule has 0 fully saturated rings. The standard InChI is InChI=1S/C37H78N2O.2C34H72N2O.C31H66N2O/c1-4-7-10-13-16-18-20-23-26-28-31-38(32-29-27-24-21-19-17-14-11-8-5-2)34-35-39(36-37-40)33-30-25-22-15-12-9-6-3;1-4-7-10-13-15-17-19-21-23-26-28-35(29-27-24-22-20-18-16-14-11-8-5-2)31-32-36(33-34-37)30-25-12-9-6-3;1-4-7-10-13-16-17-18-21-24-27-30-36(33-34-37)32-31-35(28-25-22-19-14-11-8-5-2)29-26-23-20-15-12-9-6-3;1-4-7-10-13-16-19-22-25-32(26-23-20-17-14-11-8-5-2)28-29-33(30-31-34)27-24-21-18-15-12-9-6-3/h40H,4-37H2,1-3H3;2*37H,4-34H2,1-3H3;34H,4-31H2,1-3H3. The number of aliphatic hydroxyl groups is 4. The third-order valence-corrected chi connectivity index (χ3v) is 32.5. The Morgan fingerprint density at radius 2 is 0.135 bits per heavy atom. The molecule has 0 aliphatic rings. The van der Waals surface area contributed by atoms with Gasteiger partial charge in [0.2, 0.25) is 0 Å². The van der Waals surface area contributed by atoms with Crippen LogP contribution in [0.3, 0.4) is 0 Å². The van der Waals surface area contributed by atoms with E-state index in [-0.39, 0.29) is 0 Å². The summed E-state index contributed by atoms with van der Waals surface area (Å²) in [5, 5.41) is 38.4. The van der Waals surface area contributed by atoms with Gasteiger partial charge in [0.1, 0.15) is 0 Å². The topological polar surface area (TPSA) is 107 Å². The maximum atomic E-state index is 9.66. The van der Waals surface area contributed by atoms with Crippen LogP contribution in [0.1, 0.15) is 699 Å². The minimum absolute atomic E-state index is 0.296. The largest absolute Gasteiger partial charge is 0.395 e. The van der Waals surface area contributed by atoms with Gasteiger partial charge in [-0.3, -0.25) is 19.6 Å². The van der Waals surface area contributed by atoms with Crippen molar-refractivity contribution in [3.63, 3.8) is 0 Å². The lowest BCUT2D eigenvalue weighted by Crippen LogP contribution is -2.38. The molecule has 12 nitrogen and oxygen atoms in total. The van der Waals surface area contributed by atoms with Crippen LogP contribution in [-0.4, -0.2) is 243 Å². The second kappa shape index (κ2) is 143. The zero-order valence-corrected chi connectivity index (χ0v) is 105. The Morgan fingerprint density at radius 3 is 0.209 bits per heavy atom. The van der Waals surface area contributed by atoms with Crippen molar-refractivity contribution in [2.45, 2.75) is 699 Å². The van der Waals surface area contributed by atoms with E-state index < -0.39 is 0 Å². The molecule has 0 saturated heterocycles. The molecule has 0 aromatic carbocycles.